The van der Waals surface area contributed by atoms with E-state index >= 15 is 0 Å². The zero-order chi connectivity index (χ0) is 15.9. The number of unbranched alkanes of at least 4 members (excludes halogenated alkanes) is 1. The van der Waals surface area contributed by atoms with Gasteiger partial charge in [0.15, 0.2) is 0 Å². The van der Waals surface area contributed by atoms with E-state index in [9.17, 15) is 4.79 Å². The molecule has 0 aromatic rings. The summed E-state index contributed by atoms with van der Waals surface area (Å²) in [6.07, 6.45) is 7.85. The maximum atomic E-state index is 11.9. The molecule has 1 fully saturated rings. The molecule has 0 radical (unpaired) electrons. The second-order valence-corrected chi connectivity index (χ2v) is 6.61. The fourth-order valence-corrected chi connectivity index (χ4v) is 3.74. The third-order valence-electron chi connectivity index (χ3n) is 5.48. The lowest BCUT2D eigenvalue weighted by atomic mass is 9.84. The Morgan fingerprint density at radius 3 is 2.67 bits per heavy atom. The fraction of sp³-hybridized carbons (Fsp3) is 0.941. The minimum absolute atomic E-state index is 0.170. The van der Waals surface area contributed by atoms with Gasteiger partial charge in [0, 0.05) is 6.04 Å². The molecule has 21 heavy (non-hydrogen) atoms. The van der Waals surface area contributed by atoms with Crippen molar-refractivity contribution in [2.45, 2.75) is 77.3 Å². The molecule has 4 nitrogen and oxygen atoms in total. The SMILES string of the molecule is CCCCN(CCC1CCCC1(NC)C(N)=O)C(C)CC. The predicted octanol–water partition coefficient (Wildman–Crippen LogP) is 2.52. The van der Waals surface area contributed by atoms with E-state index in [1.165, 1.54) is 25.8 Å². The first kappa shape index (κ1) is 18.4. The van der Waals surface area contributed by atoms with E-state index in [1.807, 2.05) is 7.05 Å². The molecule has 1 rings (SSSR count). The van der Waals surface area contributed by atoms with E-state index in [0.717, 1.165) is 32.2 Å². The summed E-state index contributed by atoms with van der Waals surface area (Å²) in [6, 6.07) is 0.621. The van der Waals surface area contributed by atoms with Gasteiger partial charge in [0.1, 0.15) is 5.54 Å². The molecular formula is C17H35N3O. The molecule has 1 amide bonds. The molecule has 1 aliphatic carbocycles. The van der Waals surface area contributed by atoms with Gasteiger partial charge in [0.25, 0.3) is 0 Å². The van der Waals surface area contributed by atoms with Crippen LogP contribution in [0.5, 0.6) is 0 Å². The van der Waals surface area contributed by atoms with Crippen molar-refractivity contribution in [1.29, 1.82) is 0 Å². The van der Waals surface area contributed by atoms with Crippen molar-refractivity contribution >= 4 is 5.91 Å². The lowest BCUT2D eigenvalue weighted by molar-refractivity contribution is -0.125. The number of nitrogens with two attached hydrogens (primary N) is 1. The highest BCUT2D eigenvalue weighted by Crippen LogP contribution is 2.37. The molecule has 3 atom stereocenters. The summed E-state index contributed by atoms with van der Waals surface area (Å²) in [5.41, 5.74) is 5.22. The minimum Gasteiger partial charge on any atom is -0.368 e. The lowest BCUT2D eigenvalue weighted by Gasteiger charge is -2.35. The first-order valence-corrected chi connectivity index (χ1v) is 8.74. The van der Waals surface area contributed by atoms with E-state index in [1.54, 1.807) is 0 Å². The van der Waals surface area contributed by atoms with Crippen LogP contribution in [0.3, 0.4) is 0 Å². The number of nitrogens with zero attached hydrogens (tertiary/aromatic N) is 1. The van der Waals surface area contributed by atoms with Gasteiger partial charge in [-0.15, -0.1) is 0 Å². The highest BCUT2D eigenvalue weighted by atomic mass is 16.1. The highest BCUT2D eigenvalue weighted by molar-refractivity contribution is 5.85. The normalized spacial score (nSPS) is 27.2. The van der Waals surface area contributed by atoms with Crippen LogP contribution in [0.15, 0.2) is 0 Å². The van der Waals surface area contributed by atoms with Crippen LogP contribution >= 0.6 is 0 Å². The van der Waals surface area contributed by atoms with Crippen LogP contribution in [-0.2, 0) is 4.79 Å². The molecule has 3 N–H and O–H groups in total. The van der Waals surface area contributed by atoms with Crippen LogP contribution in [0.1, 0.15) is 65.7 Å². The van der Waals surface area contributed by atoms with Crippen molar-refractivity contribution in [2.24, 2.45) is 11.7 Å². The third-order valence-corrected chi connectivity index (χ3v) is 5.48. The molecule has 0 spiro atoms. The van der Waals surface area contributed by atoms with Crippen LogP contribution in [0.25, 0.3) is 0 Å². The van der Waals surface area contributed by atoms with Crippen LogP contribution in [0, 0.1) is 5.92 Å². The number of amides is 1. The smallest absolute Gasteiger partial charge is 0.238 e. The number of hydrogen-bond donors (Lipinski definition) is 2. The third kappa shape index (κ3) is 4.43. The van der Waals surface area contributed by atoms with Gasteiger partial charge < -0.3 is 16.0 Å². The number of likely N-dealkylation sites (N-methyl/N-ethyl adjacent to an activating group) is 1. The number of hydrogen-bond acceptors (Lipinski definition) is 3. The van der Waals surface area contributed by atoms with Crippen LogP contribution in [-0.4, -0.2) is 42.5 Å². The molecule has 0 aromatic carbocycles. The maximum absolute atomic E-state index is 11.9. The zero-order valence-corrected chi connectivity index (χ0v) is 14.5. The van der Waals surface area contributed by atoms with Gasteiger partial charge >= 0.3 is 0 Å². The average molecular weight is 297 g/mol. The monoisotopic (exact) mass is 297 g/mol. The number of primary amides is 1. The molecule has 124 valence electrons. The van der Waals surface area contributed by atoms with E-state index in [4.69, 9.17) is 5.73 Å². The first-order chi connectivity index (χ1) is 10.0. The molecule has 4 heteroatoms. The highest BCUT2D eigenvalue weighted by Gasteiger charge is 2.46. The molecule has 1 saturated carbocycles. The minimum atomic E-state index is -0.466. The standard InChI is InChI=1S/C17H35N3O/c1-5-7-12-20(14(3)6-2)13-10-15-9-8-11-17(15,19-4)16(18)21/h14-15,19H,5-13H2,1-4H3,(H2,18,21). The molecule has 0 bridgehead atoms. The molecule has 1 aliphatic rings. The molecule has 0 aromatic heterocycles. The van der Waals surface area contributed by atoms with Crippen LogP contribution in [0.2, 0.25) is 0 Å². The summed E-state index contributed by atoms with van der Waals surface area (Å²) >= 11 is 0. The van der Waals surface area contributed by atoms with Crippen molar-refractivity contribution in [1.82, 2.24) is 10.2 Å². The topological polar surface area (TPSA) is 58.4 Å². The number of rotatable bonds is 10. The molecular weight excluding hydrogens is 262 g/mol. The molecule has 3 unspecified atom stereocenters. The Morgan fingerprint density at radius 1 is 1.43 bits per heavy atom. The van der Waals surface area contributed by atoms with Crippen LogP contribution in [0.4, 0.5) is 0 Å². The Morgan fingerprint density at radius 2 is 2.14 bits per heavy atom. The predicted molar refractivity (Wildman–Crippen MR) is 89.2 cm³/mol. The number of carbonyl (C=O) groups excluding carboxylic acids is 1. The largest absolute Gasteiger partial charge is 0.368 e. The van der Waals surface area contributed by atoms with Crippen molar-refractivity contribution < 1.29 is 4.79 Å². The van der Waals surface area contributed by atoms with E-state index in [-0.39, 0.29) is 5.91 Å². The Balaban J connectivity index is 2.63. The molecule has 0 saturated heterocycles. The maximum Gasteiger partial charge on any atom is 0.238 e. The van der Waals surface area contributed by atoms with Gasteiger partial charge in [0.05, 0.1) is 0 Å². The summed E-state index contributed by atoms with van der Waals surface area (Å²) in [5.74, 6) is 0.212. The quantitative estimate of drug-likeness (QED) is 0.651. The van der Waals surface area contributed by atoms with Gasteiger partial charge in [-0.05, 0) is 65.1 Å². The average Bonchev–Trinajstić information content (AvgIpc) is 2.90. The van der Waals surface area contributed by atoms with Gasteiger partial charge in [-0.3, -0.25) is 4.79 Å². The number of nitrogens with one attached hydrogen (secondary N) is 1. The Kier molecular flexibility index (Phi) is 7.67. The van der Waals surface area contributed by atoms with Crippen molar-refractivity contribution in [3.8, 4) is 0 Å². The van der Waals surface area contributed by atoms with Crippen molar-refractivity contribution in [3.63, 3.8) is 0 Å². The van der Waals surface area contributed by atoms with E-state index in [2.05, 4.69) is 31.0 Å². The fourth-order valence-electron chi connectivity index (χ4n) is 3.74. The first-order valence-electron chi connectivity index (χ1n) is 8.74. The Hall–Kier alpha value is -0.610. The van der Waals surface area contributed by atoms with E-state index in [0.29, 0.717) is 12.0 Å². The summed E-state index contributed by atoms with van der Waals surface area (Å²) in [5, 5.41) is 3.24. The summed E-state index contributed by atoms with van der Waals surface area (Å²) < 4.78 is 0. The second kappa shape index (κ2) is 8.74. The molecule has 0 heterocycles. The summed E-state index contributed by atoms with van der Waals surface area (Å²) in [7, 11) is 1.88. The van der Waals surface area contributed by atoms with Gasteiger partial charge in [-0.1, -0.05) is 26.7 Å². The van der Waals surface area contributed by atoms with Crippen LogP contribution < -0.4 is 11.1 Å². The van der Waals surface area contributed by atoms with Crippen molar-refractivity contribution in [2.75, 3.05) is 20.1 Å². The number of carbonyl (C=O) groups is 1. The Labute approximate surface area is 130 Å². The summed E-state index contributed by atoms with van der Waals surface area (Å²) in [4.78, 5) is 14.5. The summed E-state index contributed by atoms with van der Waals surface area (Å²) in [6.45, 7) is 9.05. The van der Waals surface area contributed by atoms with Gasteiger partial charge in [-0.2, -0.15) is 0 Å². The van der Waals surface area contributed by atoms with Gasteiger partial charge in [0.2, 0.25) is 5.91 Å². The van der Waals surface area contributed by atoms with E-state index < -0.39 is 5.54 Å². The zero-order valence-electron chi connectivity index (χ0n) is 14.5. The van der Waals surface area contributed by atoms with Crippen molar-refractivity contribution in [3.05, 3.63) is 0 Å². The van der Waals surface area contributed by atoms with Gasteiger partial charge in [-0.25, -0.2) is 0 Å². The molecule has 0 aliphatic heterocycles. The lowest BCUT2D eigenvalue weighted by Crippen LogP contribution is -2.57. The Bertz CT molecular complexity index is 321. The second-order valence-electron chi connectivity index (χ2n) is 6.61.